The molecule has 6 nitrogen and oxygen atoms in total. The highest BCUT2D eigenvalue weighted by Gasteiger charge is 2.17. The first-order valence-corrected chi connectivity index (χ1v) is 7.14. The molecule has 20 heavy (non-hydrogen) atoms. The number of ether oxygens (including phenoxy) is 1. The van der Waals surface area contributed by atoms with Crippen molar-refractivity contribution in [2.24, 2.45) is 0 Å². The van der Waals surface area contributed by atoms with Gasteiger partial charge in [-0.25, -0.2) is 4.98 Å². The van der Waals surface area contributed by atoms with Crippen LogP contribution in [0, 0.1) is 13.8 Å². The molecular weight excluding hydrogens is 258 g/mol. The largest absolute Gasteiger partial charge is 0.444 e. The fourth-order valence-electron chi connectivity index (χ4n) is 2.40. The summed E-state index contributed by atoms with van der Waals surface area (Å²) in [6.07, 6.45) is -0.366. The molecule has 2 heterocycles. The molecule has 0 aliphatic carbocycles. The van der Waals surface area contributed by atoms with Gasteiger partial charge in [0.05, 0.1) is 31.6 Å². The van der Waals surface area contributed by atoms with Gasteiger partial charge in [-0.3, -0.25) is 9.80 Å². The fraction of sp³-hybridized carbons (Fsp3) is 0.786. The molecule has 1 unspecified atom stereocenters. The molecule has 0 spiro atoms. The molecule has 1 N–H and O–H groups in total. The number of aliphatic hydroxyl groups excluding tert-OH is 1. The summed E-state index contributed by atoms with van der Waals surface area (Å²) in [6, 6.07) is 0. The minimum Gasteiger partial charge on any atom is -0.444 e. The van der Waals surface area contributed by atoms with Crippen molar-refractivity contribution in [3.8, 4) is 0 Å². The number of rotatable bonds is 6. The highest BCUT2D eigenvalue weighted by Crippen LogP contribution is 2.10. The summed E-state index contributed by atoms with van der Waals surface area (Å²) in [4.78, 5) is 8.63. The van der Waals surface area contributed by atoms with E-state index in [1.165, 1.54) is 0 Å². The van der Waals surface area contributed by atoms with Gasteiger partial charge in [0.15, 0.2) is 0 Å². The van der Waals surface area contributed by atoms with Gasteiger partial charge in [0.2, 0.25) is 5.89 Å². The molecule has 0 aromatic carbocycles. The molecule has 114 valence electrons. The van der Waals surface area contributed by atoms with Crippen LogP contribution in [0.25, 0.3) is 0 Å². The zero-order valence-corrected chi connectivity index (χ0v) is 12.6. The van der Waals surface area contributed by atoms with Crippen molar-refractivity contribution >= 4 is 0 Å². The van der Waals surface area contributed by atoms with Crippen molar-refractivity contribution in [2.75, 3.05) is 46.4 Å². The predicted molar refractivity (Wildman–Crippen MR) is 75.6 cm³/mol. The Morgan fingerprint density at radius 2 is 2.05 bits per heavy atom. The Morgan fingerprint density at radius 1 is 1.35 bits per heavy atom. The molecule has 1 aliphatic rings. The lowest BCUT2D eigenvalue weighted by Crippen LogP contribution is -2.43. The van der Waals surface area contributed by atoms with Gasteiger partial charge in [0, 0.05) is 26.2 Å². The van der Waals surface area contributed by atoms with E-state index in [-0.39, 0.29) is 6.10 Å². The highest BCUT2D eigenvalue weighted by molar-refractivity contribution is 5.05. The second kappa shape index (κ2) is 7.17. The molecule has 1 aromatic heterocycles. The van der Waals surface area contributed by atoms with E-state index in [1.54, 1.807) is 0 Å². The molecule has 1 atom stereocenters. The number of aryl methyl sites for hydroxylation is 2. The van der Waals surface area contributed by atoms with Crippen molar-refractivity contribution < 1.29 is 14.3 Å². The molecule has 1 fully saturated rings. The number of hydrogen-bond donors (Lipinski definition) is 1. The molecule has 0 saturated carbocycles. The minimum absolute atomic E-state index is 0.366. The van der Waals surface area contributed by atoms with Crippen molar-refractivity contribution in [1.29, 1.82) is 0 Å². The van der Waals surface area contributed by atoms with Gasteiger partial charge in [0.1, 0.15) is 5.76 Å². The maximum Gasteiger partial charge on any atom is 0.208 e. The van der Waals surface area contributed by atoms with Crippen molar-refractivity contribution in [2.45, 2.75) is 26.5 Å². The summed E-state index contributed by atoms with van der Waals surface area (Å²) in [5.41, 5.74) is 0.933. The third-order valence-corrected chi connectivity index (χ3v) is 3.57. The maximum atomic E-state index is 10.1. The summed E-state index contributed by atoms with van der Waals surface area (Å²) < 4.78 is 10.9. The highest BCUT2D eigenvalue weighted by atomic mass is 16.5. The second-order valence-corrected chi connectivity index (χ2v) is 5.51. The SMILES string of the molecule is Cc1nc(CN(C)CC(O)CN2CCOCC2)oc1C. The first-order chi connectivity index (χ1) is 9.54. The van der Waals surface area contributed by atoms with E-state index in [9.17, 15) is 5.11 Å². The molecule has 0 amide bonds. The lowest BCUT2D eigenvalue weighted by Gasteiger charge is -2.29. The van der Waals surface area contributed by atoms with Gasteiger partial charge in [0.25, 0.3) is 0 Å². The summed E-state index contributed by atoms with van der Waals surface area (Å²) in [5.74, 6) is 1.57. The van der Waals surface area contributed by atoms with Crippen molar-refractivity contribution in [3.63, 3.8) is 0 Å². The third-order valence-electron chi connectivity index (χ3n) is 3.57. The summed E-state index contributed by atoms with van der Waals surface area (Å²) in [6.45, 7) is 9.10. The summed E-state index contributed by atoms with van der Waals surface area (Å²) >= 11 is 0. The van der Waals surface area contributed by atoms with Crippen LogP contribution in [-0.4, -0.2) is 72.4 Å². The molecule has 6 heteroatoms. The zero-order chi connectivity index (χ0) is 14.5. The molecule has 1 aromatic rings. The van der Waals surface area contributed by atoms with Crippen LogP contribution < -0.4 is 0 Å². The van der Waals surface area contributed by atoms with Crippen LogP contribution in [0.1, 0.15) is 17.3 Å². The van der Waals surface area contributed by atoms with Crippen molar-refractivity contribution in [1.82, 2.24) is 14.8 Å². The number of β-amino-alcohol motifs (C(OH)–C–C–N with tert-alkyl or cyclic N) is 1. The Balaban J connectivity index is 1.74. The number of oxazole rings is 1. The Labute approximate surface area is 120 Å². The van der Waals surface area contributed by atoms with E-state index in [0.29, 0.717) is 25.5 Å². The van der Waals surface area contributed by atoms with Crippen LogP contribution in [0.15, 0.2) is 4.42 Å². The lowest BCUT2D eigenvalue weighted by molar-refractivity contribution is 0.00782. The summed E-state index contributed by atoms with van der Waals surface area (Å²) in [5, 5.41) is 10.1. The Kier molecular flexibility index (Phi) is 5.54. The predicted octanol–water partition coefficient (Wildman–Crippen LogP) is 0.416. The van der Waals surface area contributed by atoms with Crippen LogP contribution in [0.3, 0.4) is 0 Å². The average molecular weight is 283 g/mol. The number of aliphatic hydroxyl groups is 1. The van der Waals surface area contributed by atoms with Crippen LogP contribution in [0.4, 0.5) is 0 Å². The van der Waals surface area contributed by atoms with Gasteiger partial charge in [-0.05, 0) is 20.9 Å². The topological polar surface area (TPSA) is 62.0 Å². The smallest absolute Gasteiger partial charge is 0.208 e. The Hall–Kier alpha value is -0.950. The first kappa shape index (κ1) is 15.4. The van der Waals surface area contributed by atoms with Crippen LogP contribution in [-0.2, 0) is 11.3 Å². The van der Waals surface area contributed by atoms with Gasteiger partial charge in [-0.2, -0.15) is 0 Å². The molecule has 0 radical (unpaired) electrons. The molecule has 0 bridgehead atoms. The van der Waals surface area contributed by atoms with E-state index < -0.39 is 0 Å². The van der Waals surface area contributed by atoms with Crippen LogP contribution in [0.5, 0.6) is 0 Å². The van der Waals surface area contributed by atoms with E-state index in [4.69, 9.17) is 9.15 Å². The molecular formula is C14H25N3O3. The monoisotopic (exact) mass is 283 g/mol. The fourth-order valence-corrected chi connectivity index (χ4v) is 2.40. The average Bonchev–Trinajstić information content (AvgIpc) is 2.68. The molecule has 1 aliphatic heterocycles. The number of likely N-dealkylation sites (N-methyl/N-ethyl adjacent to an activating group) is 1. The lowest BCUT2D eigenvalue weighted by atomic mass is 10.3. The van der Waals surface area contributed by atoms with Gasteiger partial charge < -0.3 is 14.3 Å². The van der Waals surface area contributed by atoms with E-state index in [0.717, 1.165) is 37.8 Å². The standard InChI is InChI=1S/C14H25N3O3/c1-11-12(2)20-14(15-11)10-16(3)8-13(18)9-17-4-6-19-7-5-17/h13,18H,4-10H2,1-3H3. The summed E-state index contributed by atoms with van der Waals surface area (Å²) in [7, 11) is 1.97. The van der Waals surface area contributed by atoms with Crippen LogP contribution >= 0.6 is 0 Å². The van der Waals surface area contributed by atoms with Crippen molar-refractivity contribution in [3.05, 3.63) is 17.3 Å². The quantitative estimate of drug-likeness (QED) is 0.816. The van der Waals surface area contributed by atoms with E-state index in [1.807, 2.05) is 25.8 Å². The Bertz CT molecular complexity index is 396. The van der Waals surface area contributed by atoms with Gasteiger partial charge in [-0.1, -0.05) is 0 Å². The van der Waals surface area contributed by atoms with E-state index >= 15 is 0 Å². The number of nitrogens with zero attached hydrogens (tertiary/aromatic N) is 3. The first-order valence-electron chi connectivity index (χ1n) is 7.14. The zero-order valence-electron chi connectivity index (χ0n) is 12.6. The number of aromatic nitrogens is 1. The normalized spacial score (nSPS) is 18.6. The molecule has 1 saturated heterocycles. The third kappa shape index (κ3) is 4.56. The van der Waals surface area contributed by atoms with Crippen LogP contribution in [0.2, 0.25) is 0 Å². The number of hydrogen-bond acceptors (Lipinski definition) is 6. The minimum atomic E-state index is -0.366. The maximum absolute atomic E-state index is 10.1. The Morgan fingerprint density at radius 3 is 2.65 bits per heavy atom. The van der Waals surface area contributed by atoms with E-state index in [2.05, 4.69) is 9.88 Å². The van der Waals surface area contributed by atoms with Gasteiger partial charge >= 0.3 is 0 Å². The number of morpholine rings is 1. The van der Waals surface area contributed by atoms with Gasteiger partial charge in [-0.15, -0.1) is 0 Å². The second-order valence-electron chi connectivity index (χ2n) is 5.51. The molecule has 2 rings (SSSR count).